The monoisotopic (exact) mass is 294 g/mol. The number of nitrogens with two attached hydrogens (primary N) is 1. The van der Waals surface area contributed by atoms with Gasteiger partial charge in [-0.3, -0.25) is 0 Å². The largest absolute Gasteiger partial charge is 0.371 e. The van der Waals surface area contributed by atoms with Crippen LogP contribution in [-0.4, -0.2) is 19.1 Å². The summed E-state index contributed by atoms with van der Waals surface area (Å²) in [6, 6.07) is 6.36. The maximum absolute atomic E-state index is 6.39. The number of piperidine rings is 1. The van der Waals surface area contributed by atoms with Crippen LogP contribution in [0.25, 0.3) is 0 Å². The zero-order valence-corrected chi connectivity index (χ0v) is 13.7. The number of hydrogen-bond donors (Lipinski definition) is 1. The zero-order valence-electron chi connectivity index (χ0n) is 12.9. The lowest BCUT2D eigenvalue weighted by atomic mass is 9.86. The Morgan fingerprint density at radius 2 is 1.90 bits per heavy atom. The lowest BCUT2D eigenvalue weighted by Gasteiger charge is -2.36. The molecule has 2 nitrogen and oxygen atoms in total. The summed E-state index contributed by atoms with van der Waals surface area (Å²) >= 11 is 6.39. The highest BCUT2D eigenvalue weighted by atomic mass is 35.5. The predicted molar refractivity (Wildman–Crippen MR) is 88.6 cm³/mol. The van der Waals surface area contributed by atoms with Gasteiger partial charge in [-0.05, 0) is 55.7 Å². The van der Waals surface area contributed by atoms with Crippen molar-refractivity contribution in [2.24, 2.45) is 17.6 Å². The average molecular weight is 295 g/mol. The second-order valence-electron chi connectivity index (χ2n) is 6.49. The normalized spacial score (nSPS) is 18.6. The minimum atomic E-state index is 0.141. The first kappa shape index (κ1) is 15.7. The molecule has 1 atom stereocenters. The van der Waals surface area contributed by atoms with Crippen LogP contribution in [0.2, 0.25) is 5.02 Å². The van der Waals surface area contributed by atoms with E-state index >= 15 is 0 Å². The molecule has 2 N–H and O–H groups in total. The number of rotatable bonds is 4. The molecule has 0 amide bonds. The van der Waals surface area contributed by atoms with Gasteiger partial charge < -0.3 is 10.6 Å². The molecule has 1 saturated heterocycles. The average Bonchev–Trinajstić information content (AvgIpc) is 2.41. The molecule has 1 fully saturated rings. The van der Waals surface area contributed by atoms with E-state index in [0.29, 0.717) is 0 Å². The fourth-order valence-electron chi connectivity index (χ4n) is 3.17. The third-order valence-corrected chi connectivity index (χ3v) is 4.80. The van der Waals surface area contributed by atoms with Crippen LogP contribution in [0.1, 0.15) is 39.2 Å². The summed E-state index contributed by atoms with van der Waals surface area (Å²) in [5.74, 6) is 1.65. The van der Waals surface area contributed by atoms with Gasteiger partial charge in [0.15, 0.2) is 0 Å². The van der Waals surface area contributed by atoms with Gasteiger partial charge in [0.2, 0.25) is 0 Å². The molecule has 1 aromatic carbocycles. The fraction of sp³-hybridized carbons (Fsp3) is 0.647. The minimum Gasteiger partial charge on any atom is -0.371 e. The molecule has 0 bridgehead atoms. The van der Waals surface area contributed by atoms with Gasteiger partial charge in [0.1, 0.15) is 0 Å². The summed E-state index contributed by atoms with van der Waals surface area (Å²) in [6.45, 7) is 8.98. The molecule has 0 aliphatic carbocycles. The molecular formula is C17H27ClN2. The molecule has 1 aromatic rings. The van der Waals surface area contributed by atoms with E-state index < -0.39 is 0 Å². The van der Waals surface area contributed by atoms with Crippen LogP contribution in [0.5, 0.6) is 0 Å². The lowest BCUT2D eigenvalue weighted by Crippen LogP contribution is -2.36. The summed E-state index contributed by atoms with van der Waals surface area (Å²) in [7, 11) is 0. The molecule has 1 aliphatic heterocycles. The van der Waals surface area contributed by atoms with Crippen LogP contribution >= 0.6 is 11.6 Å². The Morgan fingerprint density at radius 3 is 2.45 bits per heavy atom. The summed E-state index contributed by atoms with van der Waals surface area (Å²) in [6.07, 6.45) is 3.41. The molecule has 1 aliphatic rings. The lowest BCUT2D eigenvalue weighted by molar-refractivity contribution is 0.311. The number of hydrogen-bond acceptors (Lipinski definition) is 2. The molecule has 0 spiro atoms. The van der Waals surface area contributed by atoms with Gasteiger partial charge in [-0.2, -0.15) is 0 Å². The summed E-state index contributed by atoms with van der Waals surface area (Å²) < 4.78 is 0. The zero-order chi connectivity index (χ0) is 14.7. The molecule has 2 rings (SSSR count). The molecule has 0 radical (unpaired) electrons. The van der Waals surface area contributed by atoms with E-state index in [2.05, 4.69) is 30.9 Å². The highest BCUT2D eigenvalue weighted by molar-refractivity contribution is 6.31. The highest BCUT2D eigenvalue weighted by Crippen LogP contribution is 2.33. The second kappa shape index (κ2) is 6.82. The van der Waals surface area contributed by atoms with E-state index in [0.717, 1.165) is 36.4 Å². The van der Waals surface area contributed by atoms with Crippen LogP contribution in [0.3, 0.4) is 0 Å². The van der Waals surface area contributed by atoms with Crippen molar-refractivity contribution in [3.63, 3.8) is 0 Å². The Morgan fingerprint density at radius 1 is 1.25 bits per heavy atom. The number of halogens is 1. The Bertz CT molecular complexity index is 435. The first-order chi connectivity index (χ1) is 9.49. The molecule has 112 valence electrons. The van der Waals surface area contributed by atoms with Gasteiger partial charge in [-0.15, -0.1) is 0 Å². The van der Waals surface area contributed by atoms with Crippen molar-refractivity contribution in [1.82, 2.24) is 0 Å². The summed E-state index contributed by atoms with van der Waals surface area (Å²) in [5, 5.41) is 0.853. The molecule has 0 aromatic heterocycles. The van der Waals surface area contributed by atoms with Crippen LogP contribution < -0.4 is 10.6 Å². The topological polar surface area (TPSA) is 29.3 Å². The molecule has 3 heteroatoms. The SMILES string of the molecule is CC(N)Cc1c(Cl)cccc1N1CCC(C(C)C)CC1. The van der Waals surface area contributed by atoms with Crippen molar-refractivity contribution >= 4 is 17.3 Å². The van der Waals surface area contributed by atoms with Gasteiger partial charge in [-0.1, -0.05) is 31.5 Å². The van der Waals surface area contributed by atoms with Crippen molar-refractivity contribution in [3.8, 4) is 0 Å². The van der Waals surface area contributed by atoms with Gasteiger partial charge in [0.25, 0.3) is 0 Å². The van der Waals surface area contributed by atoms with E-state index in [-0.39, 0.29) is 6.04 Å². The number of nitrogens with zero attached hydrogens (tertiary/aromatic N) is 1. The quantitative estimate of drug-likeness (QED) is 0.906. The third kappa shape index (κ3) is 3.67. The van der Waals surface area contributed by atoms with Crippen molar-refractivity contribution in [2.45, 2.75) is 46.1 Å². The molecule has 20 heavy (non-hydrogen) atoms. The van der Waals surface area contributed by atoms with Gasteiger partial charge in [0.05, 0.1) is 0 Å². The second-order valence-corrected chi connectivity index (χ2v) is 6.89. The Labute approximate surface area is 128 Å². The molecule has 1 unspecified atom stereocenters. The van der Waals surface area contributed by atoms with Crippen molar-refractivity contribution in [2.75, 3.05) is 18.0 Å². The molecular weight excluding hydrogens is 268 g/mol. The van der Waals surface area contributed by atoms with Crippen LogP contribution in [0, 0.1) is 11.8 Å². The van der Waals surface area contributed by atoms with E-state index in [1.165, 1.54) is 24.1 Å². The van der Waals surface area contributed by atoms with E-state index in [1.807, 2.05) is 13.0 Å². The predicted octanol–water partition coefficient (Wildman–Crippen LogP) is 4.10. The number of anilines is 1. The van der Waals surface area contributed by atoms with E-state index in [1.54, 1.807) is 0 Å². The fourth-order valence-corrected chi connectivity index (χ4v) is 3.42. The Kier molecular flexibility index (Phi) is 5.34. The first-order valence-electron chi connectivity index (χ1n) is 7.77. The summed E-state index contributed by atoms with van der Waals surface area (Å²) in [5.41, 5.74) is 8.48. The van der Waals surface area contributed by atoms with Gasteiger partial charge >= 0.3 is 0 Å². The van der Waals surface area contributed by atoms with Crippen molar-refractivity contribution < 1.29 is 0 Å². The smallest absolute Gasteiger partial charge is 0.0459 e. The van der Waals surface area contributed by atoms with Crippen LogP contribution in [0.4, 0.5) is 5.69 Å². The number of benzene rings is 1. The maximum Gasteiger partial charge on any atom is 0.0459 e. The van der Waals surface area contributed by atoms with Crippen LogP contribution in [-0.2, 0) is 6.42 Å². The first-order valence-corrected chi connectivity index (χ1v) is 8.14. The van der Waals surface area contributed by atoms with Crippen LogP contribution in [0.15, 0.2) is 18.2 Å². The Hall–Kier alpha value is -0.730. The summed E-state index contributed by atoms with van der Waals surface area (Å²) in [4.78, 5) is 2.49. The molecule has 0 saturated carbocycles. The third-order valence-electron chi connectivity index (χ3n) is 4.44. The van der Waals surface area contributed by atoms with E-state index in [4.69, 9.17) is 17.3 Å². The molecule has 1 heterocycles. The maximum atomic E-state index is 6.39. The van der Waals surface area contributed by atoms with Gasteiger partial charge in [-0.25, -0.2) is 0 Å². The minimum absolute atomic E-state index is 0.141. The Balaban J connectivity index is 2.15. The van der Waals surface area contributed by atoms with Crippen molar-refractivity contribution in [3.05, 3.63) is 28.8 Å². The van der Waals surface area contributed by atoms with E-state index in [9.17, 15) is 0 Å². The van der Waals surface area contributed by atoms with Crippen molar-refractivity contribution in [1.29, 1.82) is 0 Å². The van der Waals surface area contributed by atoms with Gasteiger partial charge in [0, 0.05) is 29.8 Å². The highest BCUT2D eigenvalue weighted by Gasteiger charge is 2.23. The standard InChI is InChI=1S/C17H27ClN2/c1-12(2)14-7-9-20(10-8-14)17-6-4-5-16(18)15(17)11-13(3)19/h4-6,12-14H,7-11,19H2,1-3H3.